The van der Waals surface area contributed by atoms with Crippen LogP contribution in [0.15, 0.2) is 21.2 Å². The van der Waals surface area contributed by atoms with E-state index >= 15 is 0 Å². The van der Waals surface area contributed by atoms with Crippen LogP contribution < -0.4 is 11.2 Å². The third-order valence-corrected chi connectivity index (χ3v) is 4.17. The molecule has 3 rings (SSSR count). The third kappa shape index (κ3) is 2.18. The first-order chi connectivity index (χ1) is 9.60. The zero-order chi connectivity index (χ0) is 14.3. The molecule has 0 bridgehead atoms. The van der Waals surface area contributed by atoms with E-state index in [1.807, 2.05) is 18.4 Å². The number of nitrogens with zero attached hydrogens (tertiary/aromatic N) is 4. The maximum absolute atomic E-state index is 12.3. The van der Waals surface area contributed by atoms with Crippen molar-refractivity contribution in [1.29, 1.82) is 5.26 Å². The largest absolute Gasteiger partial charge is 0.331 e. The van der Waals surface area contributed by atoms with Gasteiger partial charge in [-0.15, -0.1) is 11.3 Å². The Bertz CT molecular complexity index is 820. The average Bonchev–Trinajstić information content (AvgIpc) is 3.18. The van der Waals surface area contributed by atoms with Crippen molar-refractivity contribution in [3.8, 4) is 6.07 Å². The van der Waals surface area contributed by atoms with E-state index in [1.54, 1.807) is 0 Å². The van der Waals surface area contributed by atoms with Crippen LogP contribution in [-0.4, -0.2) is 14.1 Å². The van der Waals surface area contributed by atoms with Crippen molar-refractivity contribution < 1.29 is 0 Å². The fourth-order valence-corrected chi connectivity index (χ4v) is 2.82. The van der Waals surface area contributed by atoms with E-state index in [0.717, 1.165) is 23.1 Å². The Morgan fingerprint density at radius 2 is 2.25 bits per heavy atom. The molecule has 0 spiro atoms. The van der Waals surface area contributed by atoms with Gasteiger partial charge in [0.05, 0.1) is 6.54 Å². The molecular formula is C13H12N4O2S. The second kappa shape index (κ2) is 4.72. The van der Waals surface area contributed by atoms with Gasteiger partial charge in [-0.1, -0.05) is 0 Å². The minimum absolute atomic E-state index is 0.00442. The zero-order valence-electron chi connectivity index (χ0n) is 10.9. The number of rotatable bonds is 3. The molecule has 7 heteroatoms. The van der Waals surface area contributed by atoms with E-state index in [9.17, 15) is 9.59 Å². The van der Waals surface area contributed by atoms with E-state index in [4.69, 9.17) is 5.26 Å². The number of hydrogen-bond donors (Lipinski definition) is 0. The average molecular weight is 288 g/mol. The normalized spacial score (nSPS) is 14.2. The van der Waals surface area contributed by atoms with Crippen LogP contribution >= 0.6 is 11.3 Å². The first-order valence-electron chi connectivity index (χ1n) is 6.27. The summed E-state index contributed by atoms with van der Waals surface area (Å²) in [4.78, 5) is 28.7. The van der Waals surface area contributed by atoms with Gasteiger partial charge in [0.15, 0.2) is 0 Å². The molecule has 2 aromatic heterocycles. The van der Waals surface area contributed by atoms with Gasteiger partial charge in [0.2, 0.25) is 0 Å². The quantitative estimate of drug-likeness (QED) is 0.844. The lowest BCUT2D eigenvalue weighted by atomic mass is 10.3. The monoisotopic (exact) mass is 288 g/mol. The number of hydrogen-bond acceptors (Lipinski definition) is 5. The van der Waals surface area contributed by atoms with Crippen molar-refractivity contribution in [2.75, 3.05) is 0 Å². The molecular weight excluding hydrogens is 276 g/mol. The van der Waals surface area contributed by atoms with Crippen LogP contribution in [0.2, 0.25) is 0 Å². The molecule has 0 atom stereocenters. The predicted octanol–water partition coefficient (Wildman–Crippen LogP) is 1.03. The van der Waals surface area contributed by atoms with Crippen molar-refractivity contribution in [3.63, 3.8) is 0 Å². The van der Waals surface area contributed by atoms with Crippen molar-refractivity contribution >= 4 is 11.3 Å². The Labute approximate surface area is 118 Å². The van der Waals surface area contributed by atoms with E-state index in [2.05, 4.69) is 4.98 Å². The maximum Gasteiger partial charge on any atom is 0.331 e. The molecule has 1 aliphatic rings. The highest BCUT2D eigenvalue weighted by Crippen LogP contribution is 2.33. The van der Waals surface area contributed by atoms with Gasteiger partial charge in [0.25, 0.3) is 5.56 Å². The summed E-state index contributed by atoms with van der Waals surface area (Å²) < 4.78 is 2.61. The molecule has 1 saturated carbocycles. The summed E-state index contributed by atoms with van der Waals surface area (Å²) in [5.74, 6) is 0. The first kappa shape index (κ1) is 12.8. The van der Waals surface area contributed by atoms with Crippen LogP contribution in [0.3, 0.4) is 0 Å². The Hall–Kier alpha value is -2.20. The van der Waals surface area contributed by atoms with Gasteiger partial charge in [-0.05, 0) is 19.8 Å². The van der Waals surface area contributed by atoms with Gasteiger partial charge in [-0.25, -0.2) is 9.78 Å². The van der Waals surface area contributed by atoms with Crippen LogP contribution in [0.1, 0.15) is 35.1 Å². The Kier molecular flexibility index (Phi) is 3.03. The van der Waals surface area contributed by atoms with Crippen LogP contribution in [0.5, 0.6) is 0 Å². The molecule has 1 aliphatic carbocycles. The molecule has 2 aromatic rings. The molecule has 0 N–H and O–H groups in total. The van der Waals surface area contributed by atoms with E-state index in [1.165, 1.54) is 22.1 Å². The van der Waals surface area contributed by atoms with Crippen LogP contribution in [0.4, 0.5) is 0 Å². The van der Waals surface area contributed by atoms with Crippen LogP contribution in [0, 0.1) is 18.3 Å². The minimum Gasteiger partial charge on any atom is -0.296 e. The van der Waals surface area contributed by atoms with Gasteiger partial charge < -0.3 is 0 Å². The SMILES string of the molecule is Cc1csc(Cn2c(=O)c(C#N)cn(C3CC3)c2=O)n1. The zero-order valence-corrected chi connectivity index (χ0v) is 11.7. The molecule has 0 aromatic carbocycles. The summed E-state index contributed by atoms with van der Waals surface area (Å²) in [6, 6.07) is 1.99. The van der Waals surface area contributed by atoms with Gasteiger partial charge in [-0.2, -0.15) is 5.26 Å². The van der Waals surface area contributed by atoms with Gasteiger partial charge in [0.1, 0.15) is 16.6 Å². The van der Waals surface area contributed by atoms with Crippen molar-refractivity contribution in [2.45, 2.75) is 32.4 Å². The first-order valence-corrected chi connectivity index (χ1v) is 7.15. The lowest BCUT2D eigenvalue weighted by Crippen LogP contribution is -2.40. The molecule has 1 fully saturated rings. The lowest BCUT2D eigenvalue weighted by molar-refractivity contribution is 0.586. The number of aryl methyl sites for hydroxylation is 1. The Balaban J connectivity index is 2.13. The standard InChI is InChI=1S/C13H12N4O2S/c1-8-7-20-11(15-8)6-17-12(18)9(4-14)5-16(13(17)19)10-2-3-10/h5,7,10H,2-3,6H2,1H3. The second-order valence-electron chi connectivity index (χ2n) is 4.85. The molecule has 0 radical (unpaired) electrons. The highest BCUT2D eigenvalue weighted by molar-refractivity contribution is 7.09. The van der Waals surface area contributed by atoms with Crippen molar-refractivity contribution in [1.82, 2.24) is 14.1 Å². The summed E-state index contributed by atoms with van der Waals surface area (Å²) in [6.07, 6.45) is 3.21. The van der Waals surface area contributed by atoms with Gasteiger partial charge in [0, 0.05) is 23.3 Å². The van der Waals surface area contributed by atoms with Crippen LogP contribution in [-0.2, 0) is 6.54 Å². The van der Waals surface area contributed by atoms with Gasteiger partial charge in [-0.3, -0.25) is 13.9 Å². The summed E-state index contributed by atoms with van der Waals surface area (Å²) in [5.41, 5.74) is -0.0339. The highest BCUT2D eigenvalue weighted by atomic mass is 32.1. The molecule has 6 nitrogen and oxygen atoms in total. The molecule has 0 aliphatic heterocycles. The highest BCUT2D eigenvalue weighted by Gasteiger charge is 2.27. The fourth-order valence-electron chi connectivity index (χ4n) is 2.06. The van der Waals surface area contributed by atoms with Crippen LogP contribution in [0.25, 0.3) is 0 Å². The third-order valence-electron chi connectivity index (χ3n) is 3.22. The summed E-state index contributed by atoms with van der Waals surface area (Å²) in [7, 11) is 0. The number of aromatic nitrogens is 3. The fraction of sp³-hybridized carbons (Fsp3) is 0.385. The molecule has 102 valence electrons. The smallest absolute Gasteiger partial charge is 0.296 e. The molecule has 0 unspecified atom stereocenters. The van der Waals surface area contributed by atoms with Crippen molar-refractivity contribution in [2.24, 2.45) is 0 Å². The maximum atomic E-state index is 12.3. The summed E-state index contributed by atoms with van der Waals surface area (Å²) in [5, 5.41) is 11.6. The summed E-state index contributed by atoms with van der Waals surface area (Å²) in [6.45, 7) is 1.98. The minimum atomic E-state index is -0.540. The predicted molar refractivity (Wildman–Crippen MR) is 73.9 cm³/mol. The van der Waals surface area contributed by atoms with E-state index < -0.39 is 5.56 Å². The number of thiazole rings is 1. The molecule has 20 heavy (non-hydrogen) atoms. The lowest BCUT2D eigenvalue weighted by Gasteiger charge is -2.08. The van der Waals surface area contributed by atoms with E-state index in [-0.39, 0.29) is 23.8 Å². The number of nitriles is 1. The molecule has 0 saturated heterocycles. The molecule has 2 heterocycles. The van der Waals surface area contributed by atoms with E-state index in [0.29, 0.717) is 5.01 Å². The Morgan fingerprint density at radius 1 is 1.50 bits per heavy atom. The Morgan fingerprint density at radius 3 is 2.80 bits per heavy atom. The van der Waals surface area contributed by atoms with Gasteiger partial charge >= 0.3 is 5.69 Å². The summed E-state index contributed by atoms with van der Waals surface area (Å²) >= 11 is 1.40. The topological polar surface area (TPSA) is 80.7 Å². The molecule has 0 amide bonds. The van der Waals surface area contributed by atoms with Crippen molar-refractivity contribution in [3.05, 3.63) is 48.7 Å². The second-order valence-corrected chi connectivity index (χ2v) is 5.79.